The molecule has 2 rings (SSSR count). The molecule has 1 aromatic rings. The van der Waals surface area contributed by atoms with E-state index in [0.29, 0.717) is 17.4 Å². The van der Waals surface area contributed by atoms with Gasteiger partial charge in [0.2, 0.25) is 0 Å². The number of carbonyl (C=O) groups is 1. The minimum absolute atomic E-state index is 0. The summed E-state index contributed by atoms with van der Waals surface area (Å²) in [6, 6.07) is 7.47. The van der Waals surface area contributed by atoms with Crippen LogP contribution in [0.2, 0.25) is 0 Å². The van der Waals surface area contributed by atoms with Crippen LogP contribution in [0, 0.1) is 0 Å². The number of hydrogen-bond acceptors (Lipinski definition) is 4. The van der Waals surface area contributed by atoms with Crippen molar-refractivity contribution in [2.75, 3.05) is 23.8 Å². The monoisotopic (exact) mass is 318 g/mol. The van der Waals surface area contributed by atoms with Crippen LogP contribution in [0.25, 0.3) is 0 Å². The maximum Gasteiger partial charge on any atom is 0.251 e. The molecule has 1 fully saturated rings. The first kappa shape index (κ1) is 16.7. The highest BCUT2D eigenvalue weighted by Crippen LogP contribution is 2.23. The van der Waals surface area contributed by atoms with Crippen molar-refractivity contribution in [3.8, 4) is 0 Å². The molecule has 3 nitrogen and oxygen atoms in total. The maximum absolute atomic E-state index is 11.9. The summed E-state index contributed by atoms with van der Waals surface area (Å²) < 4.78 is 0. The zero-order chi connectivity index (χ0) is 12.8. The van der Waals surface area contributed by atoms with Crippen LogP contribution in [-0.4, -0.2) is 35.0 Å². The van der Waals surface area contributed by atoms with E-state index >= 15 is 0 Å². The van der Waals surface area contributed by atoms with Gasteiger partial charge in [0.1, 0.15) is 0 Å². The van der Waals surface area contributed by atoms with Gasteiger partial charge in [0.05, 0.1) is 0 Å². The number of benzene rings is 1. The van der Waals surface area contributed by atoms with Gasteiger partial charge < -0.3 is 11.1 Å². The minimum atomic E-state index is 0. The average Bonchev–Trinajstić information content (AvgIpc) is 2.46. The number of carbonyl (C=O) groups excluding carboxylic acids is 1. The molecule has 0 aliphatic carbocycles. The summed E-state index contributed by atoms with van der Waals surface area (Å²) in [7, 11) is 0. The fraction of sp³-hybridized carbons (Fsp3) is 0.462. The number of hydrogen-bond donors (Lipinski definition) is 2. The van der Waals surface area contributed by atoms with E-state index in [2.05, 4.69) is 5.32 Å². The Labute approximate surface area is 128 Å². The first-order chi connectivity index (χ1) is 8.79. The summed E-state index contributed by atoms with van der Waals surface area (Å²) >= 11 is 3.92. The van der Waals surface area contributed by atoms with E-state index in [1.165, 1.54) is 11.5 Å². The number of halogens is 1. The molecule has 1 aliphatic heterocycles. The van der Waals surface area contributed by atoms with Gasteiger partial charge in [0.25, 0.3) is 5.91 Å². The van der Waals surface area contributed by atoms with E-state index in [1.54, 1.807) is 0 Å². The van der Waals surface area contributed by atoms with E-state index in [-0.39, 0.29) is 18.3 Å². The molecule has 0 radical (unpaired) electrons. The molecule has 1 atom stereocenters. The molecule has 6 heteroatoms. The van der Waals surface area contributed by atoms with Crippen molar-refractivity contribution in [3.05, 3.63) is 35.4 Å². The van der Waals surface area contributed by atoms with Crippen LogP contribution in [0.15, 0.2) is 24.3 Å². The van der Waals surface area contributed by atoms with Gasteiger partial charge in [-0.15, -0.1) is 12.4 Å². The molecular formula is C13H19ClN2OS2. The highest BCUT2D eigenvalue weighted by molar-refractivity contribution is 8.06. The van der Waals surface area contributed by atoms with Crippen molar-refractivity contribution >= 4 is 41.8 Å². The first-order valence-electron chi connectivity index (χ1n) is 6.06. The largest absolute Gasteiger partial charge is 0.351 e. The van der Waals surface area contributed by atoms with Crippen LogP contribution in [-0.2, 0) is 6.54 Å². The second-order valence-corrected chi connectivity index (χ2v) is 6.74. The van der Waals surface area contributed by atoms with Crippen LogP contribution in [0.4, 0.5) is 0 Å². The first-order valence-corrected chi connectivity index (χ1v) is 8.26. The molecule has 0 saturated carbocycles. The maximum atomic E-state index is 11.9. The van der Waals surface area contributed by atoms with E-state index in [1.807, 2.05) is 47.8 Å². The Balaban J connectivity index is 0.00000180. The van der Waals surface area contributed by atoms with E-state index in [0.717, 1.165) is 17.9 Å². The van der Waals surface area contributed by atoms with Gasteiger partial charge in [-0.25, -0.2) is 0 Å². The van der Waals surface area contributed by atoms with Crippen molar-refractivity contribution in [2.24, 2.45) is 5.73 Å². The number of nitrogens with two attached hydrogens (primary N) is 1. The van der Waals surface area contributed by atoms with Crippen molar-refractivity contribution in [3.63, 3.8) is 0 Å². The molecule has 1 heterocycles. The molecule has 0 spiro atoms. The summed E-state index contributed by atoms with van der Waals surface area (Å²) in [5.41, 5.74) is 7.28. The summed E-state index contributed by atoms with van der Waals surface area (Å²) in [4.78, 5) is 11.9. The lowest BCUT2D eigenvalue weighted by molar-refractivity contribution is 0.0954. The zero-order valence-corrected chi connectivity index (χ0v) is 13.1. The predicted octanol–water partition coefficient (Wildman–Crippen LogP) is 2.15. The molecule has 106 valence electrons. The van der Waals surface area contributed by atoms with Gasteiger partial charge in [-0.2, -0.15) is 23.5 Å². The molecule has 1 saturated heterocycles. The van der Waals surface area contributed by atoms with Crippen molar-refractivity contribution in [1.29, 1.82) is 0 Å². The Bertz CT molecular complexity index is 394. The van der Waals surface area contributed by atoms with Crippen molar-refractivity contribution < 1.29 is 4.79 Å². The van der Waals surface area contributed by atoms with E-state index in [4.69, 9.17) is 5.73 Å². The lowest BCUT2D eigenvalue weighted by Crippen LogP contribution is -2.33. The summed E-state index contributed by atoms with van der Waals surface area (Å²) in [5.74, 6) is 3.57. The average molecular weight is 319 g/mol. The summed E-state index contributed by atoms with van der Waals surface area (Å²) in [6.07, 6.45) is 0. The number of thioether (sulfide) groups is 2. The molecule has 1 unspecified atom stereocenters. The summed E-state index contributed by atoms with van der Waals surface area (Å²) in [5, 5.41) is 3.55. The standard InChI is InChI=1S/C13H18N2OS2.ClH/c14-7-10-1-3-11(4-2-10)13(16)15-8-12-9-17-5-6-18-12;/h1-4,12H,5-9,14H2,(H,15,16);1H. The van der Waals surface area contributed by atoms with Crippen molar-refractivity contribution in [1.82, 2.24) is 5.32 Å². The Kier molecular flexibility index (Phi) is 7.68. The van der Waals surface area contributed by atoms with Crippen LogP contribution < -0.4 is 11.1 Å². The number of amides is 1. The third-order valence-electron chi connectivity index (χ3n) is 2.83. The third kappa shape index (κ3) is 5.26. The zero-order valence-electron chi connectivity index (χ0n) is 10.6. The molecule has 1 aliphatic rings. The van der Waals surface area contributed by atoms with E-state index in [9.17, 15) is 4.79 Å². The smallest absolute Gasteiger partial charge is 0.251 e. The van der Waals surface area contributed by atoms with Crippen LogP contribution in [0.1, 0.15) is 15.9 Å². The Hall–Kier alpha value is -0.360. The highest BCUT2D eigenvalue weighted by atomic mass is 35.5. The predicted molar refractivity (Wildman–Crippen MR) is 87.5 cm³/mol. The second kappa shape index (κ2) is 8.74. The quantitative estimate of drug-likeness (QED) is 0.893. The molecule has 1 aromatic carbocycles. The SMILES string of the molecule is Cl.NCc1ccc(C(=O)NCC2CSCCS2)cc1. The molecule has 0 bridgehead atoms. The fourth-order valence-electron chi connectivity index (χ4n) is 1.76. The normalized spacial score (nSPS) is 18.5. The van der Waals surface area contributed by atoms with Gasteiger partial charge in [-0.1, -0.05) is 12.1 Å². The molecule has 1 amide bonds. The highest BCUT2D eigenvalue weighted by Gasteiger charge is 2.15. The lowest BCUT2D eigenvalue weighted by atomic mass is 10.1. The third-order valence-corrected chi connectivity index (χ3v) is 5.67. The molecule has 3 N–H and O–H groups in total. The number of rotatable bonds is 4. The minimum Gasteiger partial charge on any atom is -0.351 e. The summed E-state index contributed by atoms with van der Waals surface area (Å²) in [6.45, 7) is 1.27. The van der Waals surface area contributed by atoms with Crippen LogP contribution >= 0.6 is 35.9 Å². The van der Waals surface area contributed by atoms with Crippen LogP contribution in [0.3, 0.4) is 0 Å². The second-order valence-electron chi connectivity index (χ2n) is 4.18. The van der Waals surface area contributed by atoms with E-state index < -0.39 is 0 Å². The molecule has 19 heavy (non-hydrogen) atoms. The number of nitrogens with one attached hydrogen (secondary N) is 1. The topological polar surface area (TPSA) is 55.1 Å². The van der Waals surface area contributed by atoms with Gasteiger partial charge in [-0.3, -0.25) is 4.79 Å². The molecule has 0 aromatic heterocycles. The Morgan fingerprint density at radius 3 is 2.63 bits per heavy atom. The Morgan fingerprint density at radius 1 is 1.32 bits per heavy atom. The van der Waals surface area contributed by atoms with Crippen molar-refractivity contribution in [2.45, 2.75) is 11.8 Å². The Morgan fingerprint density at radius 2 is 2.05 bits per heavy atom. The van der Waals surface area contributed by atoms with Gasteiger partial charge in [0.15, 0.2) is 0 Å². The fourth-order valence-corrected chi connectivity index (χ4v) is 4.37. The van der Waals surface area contributed by atoms with Gasteiger partial charge >= 0.3 is 0 Å². The molecular weight excluding hydrogens is 300 g/mol. The van der Waals surface area contributed by atoms with Gasteiger partial charge in [0, 0.05) is 41.2 Å². The lowest BCUT2D eigenvalue weighted by Gasteiger charge is -2.21. The van der Waals surface area contributed by atoms with Crippen LogP contribution in [0.5, 0.6) is 0 Å². The van der Waals surface area contributed by atoms with Gasteiger partial charge in [-0.05, 0) is 17.7 Å².